The van der Waals surface area contributed by atoms with Gasteiger partial charge in [-0.1, -0.05) is 18.2 Å². The molecule has 2 unspecified atom stereocenters. The number of nitrogens with one attached hydrogen (secondary N) is 1. The van der Waals surface area contributed by atoms with Crippen LogP contribution in [0.3, 0.4) is 0 Å². The molecule has 0 saturated carbocycles. The van der Waals surface area contributed by atoms with Crippen LogP contribution < -0.4 is 10.1 Å². The smallest absolute Gasteiger partial charge is 0.260 e. The molecule has 0 spiro atoms. The predicted octanol–water partition coefficient (Wildman–Crippen LogP) is 2.58. The number of rotatable bonds is 6. The third-order valence-electron chi connectivity index (χ3n) is 3.20. The third kappa shape index (κ3) is 5.03. The van der Waals surface area contributed by atoms with Gasteiger partial charge in [0.05, 0.1) is 6.10 Å². The van der Waals surface area contributed by atoms with Crippen molar-refractivity contribution in [1.29, 1.82) is 0 Å². The molecule has 0 aliphatic rings. The van der Waals surface area contributed by atoms with E-state index in [9.17, 15) is 18.7 Å². The molecule has 0 aliphatic carbocycles. The van der Waals surface area contributed by atoms with E-state index in [-0.39, 0.29) is 12.3 Å². The summed E-state index contributed by atoms with van der Waals surface area (Å²) in [5.41, 5.74) is 0.491. The Kier molecular flexibility index (Phi) is 5.65. The number of benzene rings is 2. The highest BCUT2D eigenvalue weighted by atomic mass is 19.1. The van der Waals surface area contributed by atoms with Gasteiger partial charge < -0.3 is 15.2 Å². The summed E-state index contributed by atoms with van der Waals surface area (Å²) >= 11 is 0. The Morgan fingerprint density at radius 2 is 1.87 bits per heavy atom. The minimum absolute atomic E-state index is 0.0404. The normalized spacial score (nSPS) is 13.2. The molecular formula is C17H17F2NO3. The van der Waals surface area contributed by atoms with Gasteiger partial charge in [0.15, 0.2) is 6.10 Å². The summed E-state index contributed by atoms with van der Waals surface area (Å²) in [6, 6.07) is 10.8. The van der Waals surface area contributed by atoms with Gasteiger partial charge >= 0.3 is 0 Å². The zero-order chi connectivity index (χ0) is 16.8. The molecule has 0 bridgehead atoms. The molecule has 2 N–H and O–H groups in total. The van der Waals surface area contributed by atoms with E-state index in [1.54, 1.807) is 6.07 Å². The lowest BCUT2D eigenvalue weighted by Crippen LogP contribution is -2.38. The van der Waals surface area contributed by atoms with Crippen LogP contribution in [0.4, 0.5) is 8.78 Å². The predicted molar refractivity (Wildman–Crippen MR) is 80.9 cm³/mol. The lowest BCUT2D eigenvalue weighted by molar-refractivity contribution is -0.127. The first-order valence-corrected chi connectivity index (χ1v) is 7.09. The van der Waals surface area contributed by atoms with Crippen molar-refractivity contribution in [3.8, 4) is 5.75 Å². The number of aliphatic hydroxyl groups is 1. The number of carbonyl (C=O) groups is 1. The van der Waals surface area contributed by atoms with Crippen LogP contribution in [0, 0.1) is 11.6 Å². The third-order valence-corrected chi connectivity index (χ3v) is 3.20. The van der Waals surface area contributed by atoms with Crippen LogP contribution in [-0.4, -0.2) is 23.7 Å². The van der Waals surface area contributed by atoms with Crippen molar-refractivity contribution in [3.05, 3.63) is 65.7 Å². The van der Waals surface area contributed by atoms with Crippen LogP contribution in [0.25, 0.3) is 0 Å². The number of hydrogen-bond donors (Lipinski definition) is 2. The Morgan fingerprint density at radius 3 is 2.52 bits per heavy atom. The van der Waals surface area contributed by atoms with Crippen LogP contribution in [0.5, 0.6) is 5.75 Å². The summed E-state index contributed by atoms with van der Waals surface area (Å²) in [5, 5.41) is 12.5. The van der Waals surface area contributed by atoms with Crippen LogP contribution in [0.1, 0.15) is 18.6 Å². The van der Waals surface area contributed by atoms with Crippen molar-refractivity contribution in [2.24, 2.45) is 0 Å². The average molecular weight is 321 g/mol. The second-order valence-corrected chi connectivity index (χ2v) is 5.03. The van der Waals surface area contributed by atoms with Crippen molar-refractivity contribution in [2.45, 2.75) is 19.1 Å². The van der Waals surface area contributed by atoms with Crippen LogP contribution in [0.15, 0.2) is 48.5 Å². The second-order valence-electron chi connectivity index (χ2n) is 5.03. The first-order valence-electron chi connectivity index (χ1n) is 7.09. The maximum absolute atomic E-state index is 13.0. The minimum atomic E-state index is -0.957. The van der Waals surface area contributed by atoms with Crippen molar-refractivity contribution in [1.82, 2.24) is 5.32 Å². The van der Waals surface area contributed by atoms with Gasteiger partial charge in [-0.15, -0.1) is 0 Å². The number of aliphatic hydroxyl groups excluding tert-OH is 1. The van der Waals surface area contributed by atoms with E-state index in [2.05, 4.69) is 5.32 Å². The van der Waals surface area contributed by atoms with Gasteiger partial charge in [-0.25, -0.2) is 8.78 Å². The van der Waals surface area contributed by atoms with Crippen molar-refractivity contribution in [2.75, 3.05) is 6.54 Å². The van der Waals surface area contributed by atoms with E-state index in [1.165, 1.54) is 49.4 Å². The van der Waals surface area contributed by atoms with Gasteiger partial charge in [0.25, 0.3) is 5.91 Å². The highest BCUT2D eigenvalue weighted by Crippen LogP contribution is 2.15. The Balaban J connectivity index is 1.85. The maximum atomic E-state index is 13.0. The molecule has 2 aromatic rings. The van der Waals surface area contributed by atoms with Crippen LogP contribution in [-0.2, 0) is 4.79 Å². The van der Waals surface area contributed by atoms with Gasteiger partial charge in [0, 0.05) is 12.6 Å². The monoisotopic (exact) mass is 321 g/mol. The number of ether oxygens (including phenoxy) is 1. The lowest BCUT2D eigenvalue weighted by atomic mass is 10.1. The Labute approximate surface area is 132 Å². The molecule has 2 rings (SSSR count). The zero-order valence-corrected chi connectivity index (χ0v) is 12.5. The van der Waals surface area contributed by atoms with E-state index >= 15 is 0 Å². The Hall–Kier alpha value is -2.47. The Bertz CT molecular complexity index is 661. The molecule has 4 nitrogen and oxygen atoms in total. The molecule has 0 aromatic heterocycles. The van der Waals surface area contributed by atoms with E-state index < -0.39 is 29.7 Å². The molecule has 2 atom stereocenters. The summed E-state index contributed by atoms with van der Waals surface area (Å²) in [6.07, 6.45) is -1.81. The van der Waals surface area contributed by atoms with Crippen molar-refractivity contribution in [3.63, 3.8) is 0 Å². The standard InChI is InChI=1S/C17H17F2NO3/c1-11(23-15-4-2-3-14(19)9-15)17(22)20-10-16(21)12-5-7-13(18)8-6-12/h2-9,11,16,21H,10H2,1H3,(H,20,22). The minimum Gasteiger partial charge on any atom is -0.481 e. The number of carbonyl (C=O) groups excluding carboxylic acids is 1. The highest BCUT2D eigenvalue weighted by molar-refractivity contribution is 5.80. The van der Waals surface area contributed by atoms with E-state index in [0.717, 1.165) is 0 Å². The molecule has 1 amide bonds. The van der Waals surface area contributed by atoms with Gasteiger partial charge in [-0.3, -0.25) is 4.79 Å². The fourth-order valence-electron chi connectivity index (χ4n) is 1.94. The molecule has 0 saturated heterocycles. The molecule has 2 aromatic carbocycles. The molecule has 0 heterocycles. The maximum Gasteiger partial charge on any atom is 0.260 e. The van der Waals surface area contributed by atoms with E-state index in [4.69, 9.17) is 4.74 Å². The first kappa shape index (κ1) is 16.9. The fraction of sp³-hybridized carbons (Fsp3) is 0.235. The van der Waals surface area contributed by atoms with Gasteiger partial charge in [-0.05, 0) is 36.8 Å². The topological polar surface area (TPSA) is 58.6 Å². The molecule has 0 aliphatic heterocycles. The molecule has 122 valence electrons. The summed E-state index contributed by atoms with van der Waals surface area (Å²) in [7, 11) is 0. The van der Waals surface area contributed by atoms with Crippen LogP contribution in [0.2, 0.25) is 0 Å². The Morgan fingerprint density at radius 1 is 1.17 bits per heavy atom. The summed E-state index contributed by atoms with van der Waals surface area (Å²) < 4.78 is 31.2. The first-order chi connectivity index (χ1) is 11.0. The SMILES string of the molecule is CC(Oc1cccc(F)c1)C(=O)NCC(O)c1ccc(F)cc1. The zero-order valence-electron chi connectivity index (χ0n) is 12.5. The number of amides is 1. The summed E-state index contributed by atoms with van der Waals surface area (Å²) in [6.45, 7) is 1.48. The van der Waals surface area contributed by atoms with Crippen molar-refractivity contribution >= 4 is 5.91 Å². The number of halogens is 2. The highest BCUT2D eigenvalue weighted by Gasteiger charge is 2.16. The molecule has 6 heteroatoms. The molecule has 23 heavy (non-hydrogen) atoms. The van der Waals surface area contributed by atoms with Gasteiger partial charge in [0.2, 0.25) is 0 Å². The van der Waals surface area contributed by atoms with E-state index in [0.29, 0.717) is 5.56 Å². The summed E-state index contributed by atoms with van der Waals surface area (Å²) in [5.74, 6) is -1.06. The van der Waals surface area contributed by atoms with E-state index in [1.807, 2.05) is 0 Å². The van der Waals surface area contributed by atoms with Gasteiger partial charge in [0.1, 0.15) is 17.4 Å². The second kappa shape index (κ2) is 7.69. The molecular weight excluding hydrogens is 304 g/mol. The lowest BCUT2D eigenvalue weighted by Gasteiger charge is -2.17. The summed E-state index contributed by atoms with van der Waals surface area (Å²) in [4.78, 5) is 11.9. The molecule has 0 radical (unpaired) electrons. The van der Waals surface area contributed by atoms with Crippen molar-refractivity contribution < 1.29 is 23.4 Å². The van der Waals surface area contributed by atoms with Gasteiger partial charge in [-0.2, -0.15) is 0 Å². The largest absolute Gasteiger partial charge is 0.481 e. The molecule has 0 fully saturated rings. The quantitative estimate of drug-likeness (QED) is 0.860. The number of hydrogen-bond acceptors (Lipinski definition) is 3. The fourth-order valence-corrected chi connectivity index (χ4v) is 1.94. The average Bonchev–Trinajstić information content (AvgIpc) is 2.53. The van der Waals surface area contributed by atoms with Crippen LogP contribution >= 0.6 is 0 Å².